The number of rotatable bonds is 6. The quantitative estimate of drug-likeness (QED) is 0.484. The largest absolute Gasteiger partial charge is 0.433 e. The van der Waals surface area contributed by atoms with Crippen molar-refractivity contribution in [1.82, 2.24) is 30.2 Å². The van der Waals surface area contributed by atoms with Crippen LogP contribution < -0.4 is 5.32 Å². The van der Waals surface area contributed by atoms with Crippen LogP contribution in [0.25, 0.3) is 5.57 Å². The third kappa shape index (κ3) is 6.26. The van der Waals surface area contributed by atoms with Gasteiger partial charge in [0, 0.05) is 67.2 Å². The maximum Gasteiger partial charge on any atom is 0.433 e. The van der Waals surface area contributed by atoms with Crippen LogP contribution in [0, 0.1) is 0 Å². The summed E-state index contributed by atoms with van der Waals surface area (Å²) >= 11 is 6.56. The number of alkyl halides is 3. The number of carbonyl (C=O) groups is 1. The van der Waals surface area contributed by atoms with Crippen LogP contribution in [0.3, 0.4) is 0 Å². The van der Waals surface area contributed by atoms with Gasteiger partial charge in [0.15, 0.2) is 0 Å². The lowest BCUT2D eigenvalue weighted by Crippen LogP contribution is -2.44. The molecule has 0 spiro atoms. The van der Waals surface area contributed by atoms with Gasteiger partial charge in [0.05, 0.1) is 24.3 Å². The first-order valence-electron chi connectivity index (χ1n) is 12.6. The lowest BCUT2D eigenvalue weighted by molar-refractivity contribution is -0.141. The molecule has 3 aromatic rings. The number of fused-ring (bicyclic) bond motifs is 1. The lowest BCUT2D eigenvalue weighted by Gasteiger charge is -2.35. The highest BCUT2D eigenvalue weighted by Crippen LogP contribution is 2.35. The molecule has 0 bridgehead atoms. The lowest BCUT2D eigenvalue weighted by atomic mass is 10.00. The molecule has 1 saturated heterocycles. The number of allylic oxidation sites excluding steroid dienone is 1. The van der Waals surface area contributed by atoms with Gasteiger partial charge >= 0.3 is 6.18 Å². The zero-order chi connectivity index (χ0) is 27.4. The number of halogens is 4. The van der Waals surface area contributed by atoms with E-state index in [0.717, 1.165) is 6.07 Å². The third-order valence-electron chi connectivity index (χ3n) is 6.87. The number of ether oxygens (including phenoxy) is 1. The molecule has 39 heavy (non-hydrogen) atoms. The second kappa shape index (κ2) is 11.8. The highest BCUT2D eigenvalue weighted by atomic mass is 35.5. The van der Waals surface area contributed by atoms with E-state index >= 15 is 0 Å². The molecular formula is C27H26ClF3N6O2. The van der Waals surface area contributed by atoms with Gasteiger partial charge in [-0.05, 0) is 36.6 Å². The van der Waals surface area contributed by atoms with E-state index in [1.165, 1.54) is 12.3 Å². The molecule has 12 heteroatoms. The van der Waals surface area contributed by atoms with Gasteiger partial charge in [-0.1, -0.05) is 23.7 Å². The molecule has 0 radical (unpaired) electrons. The number of aromatic nitrogens is 4. The predicted molar refractivity (Wildman–Crippen MR) is 138 cm³/mol. The Kier molecular flexibility index (Phi) is 8.20. The van der Waals surface area contributed by atoms with Crippen LogP contribution in [-0.2, 0) is 22.1 Å². The van der Waals surface area contributed by atoms with E-state index in [2.05, 4.69) is 30.2 Å². The van der Waals surface area contributed by atoms with Gasteiger partial charge in [-0.2, -0.15) is 13.2 Å². The first-order chi connectivity index (χ1) is 18.8. The van der Waals surface area contributed by atoms with Crippen molar-refractivity contribution in [2.24, 2.45) is 0 Å². The Morgan fingerprint density at radius 2 is 1.87 bits per heavy atom. The van der Waals surface area contributed by atoms with E-state index in [4.69, 9.17) is 16.3 Å². The molecule has 2 aliphatic rings. The first-order valence-corrected chi connectivity index (χ1v) is 12.9. The monoisotopic (exact) mass is 558 g/mol. The van der Waals surface area contributed by atoms with Gasteiger partial charge in [0.25, 0.3) is 5.91 Å². The summed E-state index contributed by atoms with van der Waals surface area (Å²) in [7, 11) is 0. The average Bonchev–Trinajstić information content (AvgIpc) is 3.15. The van der Waals surface area contributed by atoms with Crippen LogP contribution in [0.4, 0.5) is 13.2 Å². The van der Waals surface area contributed by atoms with Crippen molar-refractivity contribution in [2.75, 3.05) is 32.8 Å². The Hall–Kier alpha value is -3.41. The van der Waals surface area contributed by atoms with Crippen LogP contribution in [0.15, 0.2) is 55.1 Å². The summed E-state index contributed by atoms with van der Waals surface area (Å²) in [6.45, 7) is 2.24. The van der Waals surface area contributed by atoms with Crippen molar-refractivity contribution in [3.8, 4) is 0 Å². The van der Waals surface area contributed by atoms with Crippen LogP contribution >= 0.6 is 11.6 Å². The summed E-state index contributed by atoms with van der Waals surface area (Å²) in [6.07, 6.45) is 4.67. The average molecular weight is 559 g/mol. The van der Waals surface area contributed by atoms with Crippen molar-refractivity contribution in [3.05, 3.63) is 88.5 Å². The highest BCUT2D eigenvalue weighted by molar-refractivity contribution is 6.35. The number of hydrogen-bond acceptors (Lipinski definition) is 7. The Bertz CT molecular complexity index is 1330. The number of nitrogens with one attached hydrogen (secondary N) is 1. The minimum absolute atomic E-state index is 0.142. The topological polar surface area (TPSA) is 93.1 Å². The molecule has 1 N–H and O–H groups in total. The van der Waals surface area contributed by atoms with Gasteiger partial charge in [-0.15, -0.1) is 0 Å². The molecule has 2 unspecified atom stereocenters. The number of hydrogen-bond donors (Lipinski definition) is 1. The van der Waals surface area contributed by atoms with E-state index in [-0.39, 0.29) is 18.4 Å². The molecule has 3 aromatic heterocycles. The van der Waals surface area contributed by atoms with E-state index in [9.17, 15) is 18.0 Å². The number of carbonyl (C=O) groups excluding carboxylic acids is 1. The van der Waals surface area contributed by atoms with E-state index in [0.29, 0.717) is 72.4 Å². The Labute approximate surface area is 228 Å². The van der Waals surface area contributed by atoms with Gasteiger partial charge in [0.2, 0.25) is 0 Å². The normalized spacial score (nSPS) is 19.0. The molecular weight excluding hydrogens is 533 g/mol. The van der Waals surface area contributed by atoms with Crippen molar-refractivity contribution in [3.63, 3.8) is 0 Å². The van der Waals surface area contributed by atoms with E-state index < -0.39 is 17.9 Å². The van der Waals surface area contributed by atoms with Gasteiger partial charge in [0.1, 0.15) is 11.5 Å². The predicted octanol–water partition coefficient (Wildman–Crippen LogP) is 4.24. The van der Waals surface area contributed by atoms with Crippen molar-refractivity contribution in [2.45, 2.75) is 31.0 Å². The molecule has 0 saturated carbocycles. The van der Waals surface area contributed by atoms with Crippen LogP contribution in [0.1, 0.15) is 46.7 Å². The number of morpholine rings is 1. The standard InChI is InChI=1S/C27H26ClF3N6O2/c28-20-6-9-32-21-4-2-17(25-33-7-1-8-34-25)14-19(24(20)21)26(38)36-16-22(37-10-12-39-13-11-37)18-3-5-23(35-15-18)27(29,30)31/h1,3,5-9,14-15,17,22H,2,4,10-13,16H2,(H,36,38). The molecule has 1 amide bonds. The molecule has 4 heterocycles. The smallest absolute Gasteiger partial charge is 0.379 e. The van der Waals surface area contributed by atoms with Gasteiger partial charge in [-0.3, -0.25) is 19.7 Å². The Morgan fingerprint density at radius 3 is 2.56 bits per heavy atom. The fraction of sp³-hybridized carbons (Fsp3) is 0.370. The van der Waals surface area contributed by atoms with Crippen LogP contribution in [-0.4, -0.2) is 63.6 Å². The fourth-order valence-corrected chi connectivity index (χ4v) is 5.18. The molecule has 2 atom stereocenters. The van der Waals surface area contributed by atoms with E-state index in [1.54, 1.807) is 30.7 Å². The fourth-order valence-electron chi connectivity index (χ4n) is 4.91. The Balaban J connectivity index is 1.43. The highest BCUT2D eigenvalue weighted by Gasteiger charge is 2.33. The summed E-state index contributed by atoms with van der Waals surface area (Å²) in [6, 6.07) is 5.34. The number of pyridine rings is 2. The zero-order valence-corrected chi connectivity index (χ0v) is 21.6. The number of nitrogens with zero attached hydrogens (tertiary/aromatic N) is 5. The second-order valence-electron chi connectivity index (χ2n) is 9.30. The minimum atomic E-state index is -4.53. The number of aryl methyl sites for hydroxylation is 1. The van der Waals surface area contributed by atoms with Crippen molar-refractivity contribution in [1.29, 1.82) is 0 Å². The molecule has 0 aromatic carbocycles. The molecule has 204 valence electrons. The molecule has 1 fully saturated rings. The molecule has 5 rings (SSSR count). The molecule has 8 nitrogen and oxygen atoms in total. The van der Waals surface area contributed by atoms with Crippen LogP contribution in [0.2, 0.25) is 5.02 Å². The third-order valence-corrected chi connectivity index (χ3v) is 7.19. The van der Waals surface area contributed by atoms with E-state index in [1.807, 2.05) is 6.08 Å². The SMILES string of the molecule is O=C(NCC(c1ccc(C(F)(F)F)nc1)N1CCOCC1)C1=CC(c2ncccn2)CCc2nccc(Cl)c21. The molecule has 1 aliphatic heterocycles. The molecule has 1 aliphatic carbocycles. The maximum absolute atomic E-state index is 13.7. The second-order valence-corrected chi connectivity index (χ2v) is 9.70. The summed E-state index contributed by atoms with van der Waals surface area (Å²) < 4.78 is 44.8. The van der Waals surface area contributed by atoms with Gasteiger partial charge in [-0.25, -0.2) is 9.97 Å². The Morgan fingerprint density at radius 1 is 1.10 bits per heavy atom. The zero-order valence-electron chi connectivity index (χ0n) is 20.9. The van der Waals surface area contributed by atoms with Gasteiger partial charge < -0.3 is 10.1 Å². The first kappa shape index (κ1) is 27.2. The number of amides is 1. The minimum Gasteiger partial charge on any atom is -0.379 e. The van der Waals surface area contributed by atoms with Crippen LogP contribution in [0.5, 0.6) is 0 Å². The van der Waals surface area contributed by atoms with Crippen molar-refractivity contribution < 1.29 is 22.7 Å². The summed E-state index contributed by atoms with van der Waals surface area (Å²) in [4.78, 5) is 32.7. The van der Waals surface area contributed by atoms with Crippen molar-refractivity contribution >= 4 is 23.1 Å². The summed E-state index contributed by atoms with van der Waals surface area (Å²) in [5, 5.41) is 3.40. The maximum atomic E-state index is 13.7. The summed E-state index contributed by atoms with van der Waals surface area (Å²) in [5.41, 5.74) is 1.24. The summed E-state index contributed by atoms with van der Waals surface area (Å²) in [5.74, 6) is -0.00719.